The highest BCUT2D eigenvalue weighted by Crippen LogP contribution is 2.36. The average Bonchev–Trinajstić information content (AvgIpc) is 2.66. The Kier molecular flexibility index (Phi) is 2.98. The number of hydrogen-bond donors (Lipinski definition) is 0. The second-order valence-corrected chi connectivity index (χ2v) is 5.37. The Bertz CT molecular complexity index is 548. The van der Waals surface area contributed by atoms with E-state index in [1.807, 2.05) is 11.0 Å². The van der Waals surface area contributed by atoms with Crippen molar-refractivity contribution in [3.05, 3.63) is 35.1 Å². The van der Waals surface area contributed by atoms with Crippen LogP contribution in [0.2, 0.25) is 0 Å². The zero-order chi connectivity index (χ0) is 13.4. The zero-order valence-corrected chi connectivity index (χ0v) is 10.6. The van der Waals surface area contributed by atoms with Crippen LogP contribution in [-0.4, -0.2) is 22.9 Å². The van der Waals surface area contributed by atoms with Gasteiger partial charge in [0.25, 0.3) is 5.91 Å². The van der Waals surface area contributed by atoms with Crippen LogP contribution in [0, 0.1) is 17.1 Å². The largest absolute Gasteiger partial charge is 0.333 e. The molecular weight excluding hydrogens is 243 g/mol. The second kappa shape index (κ2) is 4.65. The Hall–Kier alpha value is -1.89. The van der Waals surface area contributed by atoms with Crippen LogP contribution < -0.4 is 0 Å². The number of nitriles is 1. The minimum absolute atomic E-state index is 0.122. The molecule has 2 bridgehead atoms. The number of carbonyl (C=O) groups excluding carboxylic acids is 1. The first-order valence-corrected chi connectivity index (χ1v) is 6.72. The molecule has 0 spiro atoms. The van der Waals surface area contributed by atoms with Crippen molar-refractivity contribution in [2.45, 2.75) is 44.2 Å². The van der Waals surface area contributed by atoms with Crippen molar-refractivity contribution in [2.75, 3.05) is 0 Å². The van der Waals surface area contributed by atoms with Crippen LogP contribution in [0.25, 0.3) is 0 Å². The smallest absolute Gasteiger partial charge is 0.254 e. The van der Waals surface area contributed by atoms with Crippen molar-refractivity contribution >= 4 is 5.91 Å². The molecule has 2 heterocycles. The third-order valence-electron chi connectivity index (χ3n) is 4.20. The quantitative estimate of drug-likeness (QED) is 0.777. The molecule has 3 nitrogen and oxygen atoms in total. The Balaban J connectivity index is 1.92. The lowest BCUT2D eigenvalue weighted by Crippen LogP contribution is -2.44. The van der Waals surface area contributed by atoms with E-state index in [9.17, 15) is 9.18 Å². The normalized spacial score (nSPS) is 25.2. The molecule has 2 aliphatic rings. The van der Waals surface area contributed by atoms with Crippen molar-refractivity contribution in [1.29, 1.82) is 5.26 Å². The SMILES string of the molecule is N#Cc1cc(F)cc(C(=O)N2C3CCCC2CC3)c1. The van der Waals surface area contributed by atoms with Gasteiger partial charge in [-0.3, -0.25) is 4.79 Å². The minimum atomic E-state index is -0.522. The number of piperidine rings is 1. The molecule has 2 saturated heterocycles. The minimum Gasteiger partial charge on any atom is -0.333 e. The van der Waals surface area contributed by atoms with Crippen molar-refractivity contribution < 1.29 is 9.18 Å². The summed E-state index contributed by atoms with van der Waals surface area (Å²) in [5.41, 5.74) is 0.503. The first kappa shape index (κ1) is 12.2. The molecule has 0 N–H and O–H groups in total. The van der Waals surface area contributed by atoms with Crippen LogP contribution >= 0.6 is 0 Å². The Morgan fingerprint density at radius 1 is 1.21 bits per heavy atom. The monoisotopic (exact) mass is 258 g/mol. The van der Waals surface area contributed by atoms with Gasteiger partial charge < -0.3 is 4.90 Å². The molecule has 2 fully saturated rings. The van der Waals surface area contributed by atoms with Gasteiger partial charge in [-0.05, 0) is 50.3 Å². The predicted molar refractivity (Wildman–Crippen MR) is 67.9 cm³/mol. The van der Waals surface area contributed by atoms with Gasteiger partial charge in [0.1, 0.15) is 5.82 Å². The fourth-order valence-electron chi connectivity index (χ4n) is 3.38. The van der Waals surface area contributed by atoms with Gasteiger partial charge >= 0.3 is 0 Å². The third-order valence-corrected chi connectivity index (χ3v) is 4.20. The van der Waals surface area contributed by atoms with Gasteiger partial charge in [-0.2, -0.15) is 5.26 Å². The summed E-state index contributed by atoms with van der Waals surface area (Å²) >= 11 is 0. The Morgan fingerprint density at radius 2 is 1.89 bits per heavy atom. The van der Waals surface area contributed by atoms with Gasteiger partial charge in [-0.1, -0.05) is 0 Å². The topological polar surface area (TPSA) is 44.1 Å². The van der Waals surface area contributed by atoms with E-state index in [2.05, 4.69) is 0 Å². The van der Waals surface area contributed by atoms with Crippen LogP contribution in [0.1, 0.15) is 48.0 Å². The molecule has 4 heteroatoms. The fraction of sp³-hybridized carbons (Fsp3) is 0.467. The number of rotatable bonds is 1. The second-order valence-electron chi connectivity index (χ2n) is 5.37. The number of benzene rings is 1. The van der Waals surface area contributed by atoms with Crippen molar-refractivity contribution in [1.82, 2.24) is 4.90 Å². The van der Waals surface area contributed by atoms with Crippen molar-refractivity contribution in [3.8, 4) is 6.07 Å². The molecule has 1 amide bonds. The van der Waals surface area contributed by atoms with Crippen LogP contribution in [-0.2, 0) is 0 Å². The molecule has 1 aromatic rings. The average molecular weight is 258 g/mol. The number of amides is 1. The zero-order valence-electron chi connectivity index (χ0n) is 10.6. The van der Waals surface area contributed by atoms with E-state index < -0.39 is 5.82 Å². The summed E-state index contributed by atoms with van der Waals surface area (Å²) in [6.45, 7) is 0. The van der Waals surface area contributed by atoms with E-state index >= 15 is 0 Å². The fourth-order valence-corrected chi connectivity index (χ4v) is 3.38. The van der Waals surface area contributed by atoms with Crippen molar-refractivity contribution in [3.63, 3.8) is 0 Å². The highest BCUT2D eigenvalue weighted by molar-refractivity contribution is 5.95. The Morgan fingerprint density at radius 3 is 2.53 bits per heavy atom. The number of nitrogens with zero attached hydrogens (tertiary/aromatic N) is 2. The summed E-state index contributed by atoms with van der Waals surface area (Å²) in [7, 11) is 0. The number of hydrogen-bond acceptors (Lipinski definition) is 2. The maximum Gasteiger partial charge on any atom is 0.254 e. The molecular formula is C15H15FN2O. The van der Waals surface area contributed by atoms with Crippen LogP contribution in [0.3, 0.4) is 0 Å². The van der Waals surface area contributed by atoms with Crippen LogP contribution in [0.4, 0.5) is 4.39 Å². The summed E-state index contributed by atoms with van der Waals surface area (Å²) in [5, 5.41) is 8.85. The molecule has 2 atom stereocenters. The number of fused-ring (bicyclic) bond motifs is 2. The Labute approximate surface area is 111 Å². The van der Waals surface area contributed by atoms with E-state index in [1.54, 1.807) is 0 Å². The molecule has 0 saturated carbocycles. The molecule has 3 rings (SSSR count). The summed E-state index contributed by atoms with van der Waals surface area (Å²) in [5.74, 6) is -0.644. The molecule has 2 aliphatic heterocycles. The lowest BCUT2D eigenvalue weighted by atomic mass is 10.0. The van der Waals surface area contributed by atoms with E-state index in [0.717, 1.165) is 31.7 Å². The summed E-state index contributed by atoms with van der Waals surface area (Å²) in [4.78, 5) is 14.4. The standard InChI is InChI=1S/C15H15FN2O/c16-12-7-10(9-17)6-11(8-12)15(19)18-13-2-1-3-14(18)5-4-13/h6-8,13-14H,1-5H2. The van der Waals surface area contributed by atoms with Gasteiger partial charge in [0.05, 0.1) is 11.6 Å². The van der Waals surface area contributed by atoms with Gasteiger partial charge in [-0.25, -0.2) is 4.39 Å². The van der Waals surface area contributed by atoms with Crippen LogP contribution in [0.5, 0.6) is 0 Å². The molecule has 2 unspecified atom stereocenters. The van der Waals surface area contributed by atoms with E-state index in [1.165, 1.54) is 18.6 Å². The first-order chi connectivity index (χ1) is 9.19. The predicted octanol–water partition coefficient (Wildman–Crippen LogP) is 2.85. The van der Waals surface area contributed by atoms with E-state index in [0.29, 0.717) is 17.6 Å². The molecule has 0 radical (unpaired) electrons. The molecule has 1 aromatic carbocycles. The maximum absolute atomic E-state index is 13.4. The molecule has 0 aromatic heterocycles. The molecule has 0 aliphatic carbocycles. The van der Waals surface area contributed by atoms with Gasteiger partial charge in [0.2, 0.25) is 0 Å². The van der Waals surface area contributed by atoms with E-state index in [4.69, 9.17) is 5.26 Å². The van der Waals surface area contributed by atoms with Crippen molar-refractivity contribution in [2.24, 2.45) is 0 Å². The molecule has 19 heavy (non-hydrogen) atoms. The summed E-state index contributed by atoms with van der Waals surface area (Å²) in [6, 6.07) is 6.38. The summed E-state index contributed by atoms with van der Waals surface area (Å²) < 4.78 is 13.4. The van der Waals surface area contributed by atoms with Gasteiger partial charge in [0, 0.05) is 17.6 Å². The lowest BCUT2D eigenvalue weighted by Gasteiger charge is -2.34. The maximum atomic E-state index is 13.4. The lowest BCUT2D eigenvalue weighted by molar-refractivity contribution is 0.0594. The van der Waals surface area contributed by atoms with Gasteiger partial charge in [0.15, 0.2) is 0 Å². The highest BCUT2D eigenvalue weighted by atomic mass is 19.1. The van der Waals surface area contributed by atoms with Crippen LogP contribution in [0.15, 0.2) is 18.2 Å². The molecule has 98 valence electrons. The van der Waals surface area contributed by atoms with Gasteiger partial charge in [-0.15, -0.1) is 0 Å². The highest BCUT2D eigenvalue weighted by Gasteiger charge is 2.39. The number of halogens is 1. The van der Waals surface area contributed by atoms with E-state index in [-0.39, 0.29) is 11.5 Å². The number of carbonyl (C=O) groups is 1. The third kappa shape index (κ3) is 2.10. The summed E-state index contributed by atoms with van der Waals surface area (Å²) in [6.07, 6.45) is 5.37. The first-order valence-electron chi connectivity index (χ1n) is 6.72.